The molecule has 2 fully saturated rings. The first-order chi connectivity index (χ1) is 12.8. The van der Waals surface area contributed by atoms with E-state index in [1.54, 1.807) is 6.33 Å². The maximum Gasteiger partial charge on any atom is 0.409 e. The second-order valence-corrected chi connectivity index (χ2v) is 9.24. The molecular formula is C20H32N4O3. The van der Waals surface area contributed by atoms with Crippen LogP contribution < -0.4 is 0 Å². The summed E-state index contributed by atoms with van der Waals surface area (Å²) in [4.78, 5) is 35.6. The van der Waals surface area contributed by atoms with E-state index >= 15 is 0 Å². The van der Waals surface area contributed by atoms with Crippen LogP contribution in [0, 0.1) is 10.8 Å². The molecule has 2 saturated heterocycles. The Morgan fingerprint density at radius 3 is 2.67 bits per heavy atom. The zero-order chi connectivity index (χ0) is 19.5. The number of aromatic amines is 1. The molecule has 0 saturated carbocycles. The number of carbonyl (C=O) groups excluding carboxylic acids is 2. The highest BCUT2D eigenvalue weighted by Crippen LogP contribution is 2.40. The molecular weight excluding hydrogens is 344 g/mol. The number of amides is 2. The van der Waals surface area contributed by atoms with E-state index in [0.29, 0.717) is 26.1 Å². The van der Waals surface area contributed by atoms with Crippen LogP contribution in [-0.4, -0.2) is 64.6 Å². The molecule has 1 aromatic heterocycles. The fraction of sp³-hybridized carbons (Fsp3) is 0.750. The summed E-state index contributed by atoms with van der Waals surface area (Å²) in [6.45, 7) is 9.55. The van der Waals surface area contributed by atoms with Crippen molar-refractivity contribution in [2.24, 2.45) is 10.8 Å². The van der Waals surface area contributed by atoms with Crippen LogP contribution in [0.5, 0.6) is 0 Å². The predicted molar refractivity (Wildman–Crippen MR) is 102 cm³/mol. The summed E-state index contributed by atoms with van der Waals surface area (Å²) in [7, 11) is 0. The molecule has 0 bridgehead atoms. The molecule has 7 heteroatoms. The summed E-state index contributed by atoms with van der Waals surface area (Å²) >= 11 is 0. The van der Waals surface area contributed by atoms with Crippen LogP contribution in [0.1, 0.15) is 52.1 Å². The monoisotopic (exact) mass is 376 g/mol. The number of H-pyrrole nitrogens is 1. The van der Waals surface area contributed by atoms with Gasteiger partial charge in [0.1, 0.15) is 0 Å². The molecule has 150 valence electrons. The topological polar surface area (TPSA) is 78.5 Å². The molecule has 0 radical (unpaired) electrons. The van der Waals surface area contributed by atoms with Crippen LogP contribution in [0.15, 0.2) is 12.5 Å². The Labute approximate surface area is 161 Å². The number of nitrogens with one attached hydrogen (secondary N) is 1. The number of nitrogens with zero attached hydrogens (tertiary/aromatic N) is 3. The zero-order valence-corrected chi connectivity index (χ0v) is 16.8. The lowest BCUT2D eigenvalue weighted by atomic mass is 9.72. The van der Waals surface area contributed by atoms with Gasteiger partial charge < -0.3 is 19.5 Å². The highest BCUT2D eigenvalue weighted by Gasteiger charge is 2.41. The van der Waals surface area contributed by atoms with Crippen molar-refractivity contribution in [3.63, 3.8) is 0 Å². The Kier molecular flexibility index (Phi) is 5.77. The number of aromatic nitrogens is 2. The SMILES string of the molecule is CC(C)(C)COC(=O)N1CCC2(CCC(=O)N(CCc3cnc[nH]3)C2)CC1. The van der Waals surface area contributed by atoms with E-state index in [4.69, 9.17) is 4.74 Å². The first kappa shape index (κ1) is 19.7. The largest absolute Gasteiger partial charge is 0.449 e. The lowest BCUT2D eigenvalue weighted by Gasteiger charge is -2.47. The summed E-state index contributed by atoms with van der Waals surface area (Å²) in [5.74, 6) is 0.243. The van der Waals surface area contributed by atoms with E-state index in [-0.39, 0.29) is 22.8 Å². The highest BCUT2D eigenvalue weighted by atomic mass is 16.6. The van der Waals surface area contributed by atoms with Gasteiger partial charge in [0.15, 0.2) is 0 Å². The molecule has 3 rings (SSSR count). The Morgan fingerprint density at radius 1 is 1.30 bits per heavy atom. The predicted octanol–water partition coefficient (Wildman–Crippen LogP) is 2.84. The number of piperidine rings is 2. The Morgan fingerprint density at radius 2 is 2.04 bits per heavy atom. The maximum atomic E-state index is 12.3. The summed E-state index contributed by atoms with van der Waals surface area (Å²) < 4.78 is 5.45. The zero-order valence-electron chi connectivity index (χ0n) is 16.8. The maximum absolute atomic E-state index is 12.3. The minimum Gasteiger partial charge on any atom is -0.449 e. The summed E-state index contributed by atoms with van der Waals surface area (Å²) in [6, 6.07) is 0. The van der Waals surface area contributed by atoms with Gasteiger partial charge in [0.2, 0.25) is 5.91 Å². The molecule has 3 heterocycles. The minimum absolute atomic E-state index is 0.0223. The van der Waals surface area contributed by atoms with Crippen molar-refractivity contribution < 1.29 is 14.3 Å². The van der Waals surface area contributed by atoms with Crippen molar-refractivity contribution in [2.75, 3.05) is 32.8 Å². The van der Waals surface area contributed by atoms with Crippen molar-refractivity contribution in [2.45, 2.75) is 52.9 Å². The van der Waals surface area contributed by atoms with Crippen molar-refractivity contribution >= 4 is 12.0 Å². The third-order valence-corrected chi connectivity index (χ3v) is 5.67. The van der Waals surface area contributed by atoms with Gasteiger partial charge in [-0.15, -0.1) is 0 Å². The van der Waals surface area contributed by atoms with Gasteiger partial charge in [-0.25, -0.2) is 9.78 Å². The van der Waals surface area contributed by atoms with Gasteiger partial charge >= 0.3 is 6.09 Å². The quantitative estimate of drug-likeness (QED) is 0.876. The summed E-state index contributed by atoms with van der Waals surface area (Å²) in [5.41, 5.74) is 1.17. The van der Waals surface area contributed by atoms with Crippen molar-refractivity contribution in [1.29, 1.82) is 0 Å². The first-order valence-corrected chi connectivity index (χ1v) is 9.93. The first-order valence-electron chi connectivity index (χ1n) is 9.93. The normalized spacial score (nSPS) is 20.2. The number of rotatable bonds is 4. The van der Waals surface area contributed by atoms with E-state index in [9.17, 15) is 9.59 Å². The van der Waals surface area contributed by atoms with Gasteiger partial charge in [-0.05, 0) is 30.1 Å². The molecule has 0 unspecified atom stereocenters. The molecule has 1 spiro atoms. The van der Waals surface area contributed by atoms with Gasteiger partial charge in [-0.1, -0.05) is 20.8 Å². The number of hydrogen-bond acceptors (Lipinski definition) is 4. The van der Waals surface area contributed by atoms with Gasteiger partial charge in [0, 0.05) is 50.9 Å². The van der Waals surface area contributed by atoms with Crippen LogP contribution in [0.4, 0.5) is 4.79 Å². The lowest BCUT2D eigenvalue weighted by Crippen LogP contribution is -2.52. The number of hydrogen-bond donors (Lipinski definition) is 1. The summed E-state index contributed by atoms with van der Waals surface area (Å²) in [5, 5.41) is 0. The third kappa shape index (κ3) is 5.23. The number of ether oxygens (including phenoxy) is 1. The Bertz CT molecular complexity index is 643. The fourth-order valence-corrected chi connectivity index (χ4v) is 3.92. The van der Waals surface area contributed by atoms with Crippen molar-refractivity contribution in [1.82, 2.24) is 19.8 Å². The Balaban J connectivity index is 1.50. The highest BCUT2D eigenvalue weighted by molar-refractivity contribution is 5.77. The van der Waals surface area contributed by atoms with E-state index in [2.05, 4.69) is 30.7 Å². The van der Waals surface area contributed by atoms with Gasteiger partial charge in [-0.2, -0.15) is 0 Å². The lowest BCUT2D eigenvalue weighted by molar-refractivity contribution is -0.139. The molecule has 2 aliphatic rings. The van der Waals surface area contributed by atoms with Crippen LogP contribution >= 0.6 is 0 Å². The molecule has 2 amide bonds. The van der Waals surface area contributed by atoms with Crippen LogP contribution in [0.2, 0.25) is 0 Å². The smallest absolute Gasteiger partial charge is 0.409 e. The number of imidazole rings is 1. The van der Waals surface area contributed by atoms with Gasteiger partial charge in [0.25, 0.3) is 0 Å². The minimum atomic E-state index is -0.206. The van der Waals surface area contributed by atoms with Crippen molar-refractivity contribution in [3.05, 3.63) is 18.2 Å². The van der Waals surface area contributed by atoms with E-state index < -0.39 is 0 Å². The second-order valence-electron chi connectivity index (χ2n) is 9.24. The van der Waals surface area contributed by atoms with E-state index in [1.807, 2.05) is 16.0 Å². The number of likely N-dealkylation sites (tertiary alicyclic amines) is 2. The molecule has 27 heavy (non-hydrogen) atoms. The number of carbonyl (C=O) groups is 2. The van der Waals surface area contributed by atoms with Crippen LogP contribution in [0.25, 0.3) is 0 Å². The average Bonchev–Trinajstić information content (AvgIpc) is 3.14. The molecule has 2 aliphatic heterocycles. The summed E-state index contributed by atoms with van der Waals surface area (Å²) in [6.07, 6.45) is 7.48. The van der Waals surface area contributed by atoms with Crippen molar-refractivity contribution in [3.8, 4) is 0 Å². The average molecular weight is 377 g/mol. The Hall–Kier alpha value is -2.05. The van der Waals surface area contributed by atoms with Crippen LogP contribution in [-0.2, 0) is 16.0 Å². The molecule has 0 atom stereocenters. The van der Waals surface area contributed by atoms with E-state index in [0.717, 1.165) is 44.5 Å². The molecule has 0 aliphatic carbocycles. The molecule has 1 N–H and O–H groups in total. The van der Waals surface area contributed by atoms with Crippen LogP contribution in [0.3, 0.4) is 0 Å². The van der Waals surface area contributed by atoms with E-state index in [1.165, 1.54) is 0 Å². The fourth-order valence-electron chi connectivity index (χ4n) is 3.92. The van der Waals surface area contributed by atoms with Gasteiger partial charge in [0.05, 0.1) is 12.9 Å². The molecule has 0 aromatic carbocycles. The van der Waals surface area contributed by atoms with Gasteiger partial charge in [-0.3, -0.25) is 4.79 Å². The second kappa shape index (κ2) is 7.90. The molecule has 1 aromatic rings. The molecule has 7 nitrogen and oxygen atoms in total. The third-order valence-electron chi connectivity index (χ3n) is 5.67. The standard InChI is InChI=1S/C20H32N4O3/c1-19(2,3)14-27-18(26)23-10-7-20(8-11-23)6-4-17(25)24(13-20)9-5-16-12-21-15-22-16/h12,15H,4-11,13-14H2,1-3H3,(H,21,22).